The van der Waals surface area contributed by atoms with E-state index in [0.29, 0.717) is 16.2 Å². The van der Waals surface area contributed by atoms with E-state index in [-0.39, 0.29) is 11.9 Å². The van der Waals surface area contributed by atoms with Crippen LogP contribution in [0.3, 0.4) is 0 Å². The Morgan fingerprint density at radius 2 is 2.21 bits per heavy atom. The summed E-state index contributed by atoms with van der Waals surface area (Å²) in [5.41, 5.74) is 1.76. The zero-order valence-electron chi connectivity index (χ0n) is 11.7. The highest BCUT2D eigenvalue weighted by molar-refractivity contribution is 7.99. The smallest absolute Gasteiger partial charge is 0.127 e. The molecule has 2 unspecified atom stereocenters. The van der Waals surface area contributed by atoms with Crippen LogP contribution in [0.25, 0.3) is 0 Å². The third kappa shape index (κ3) is 3.09. The van der Waals surface area contributed by atoms with E-state index in [9.17, 15) is 4.39 Å². The van der Waals surface area contributed by atoms with Gasteiger partial charge >= 0.3 is 0 Å². The Bertz CT molecular complexity index is 450. The van der Waals surface area contributed by atoms with Gasteiger partial charge in [0.15, 0.2) is 0 Å². The summed E-state index contributed by atoms with van der Waals surface area (Å²) in [7, 11) is 0. The maximum Gasteiger partial charge on any atom is 0.127 e. The van der Waals surface area contributed by atoms with Gasteiger partial charge in [-0.2, -0.15) is 11.8 Å². The van der Waals surface area contributed by atoms with Gasteiger partial charge in [0.05, 0.1) is 0 Å². The van der Waals surface area contributed by atoms with Crippen molar-refractivity contribution in [3.05, 3.63) is 34.1 Å². The van der Waals surface area contributed by atoms with Crippen molar-refractivity contribution in [3.63, 3.8) is 0 Å². The highest BCUT2D eigenvalue weighted by Gasteiger charge is 2.34. The normalized spacial score (nSPS) is 22.6. The molecule has 4 heteroatoms. The monoisotopic (exact) mass is 301 g/mol. The number of hydrogen-bond donors (Lipinski definition) is 1. The van der Waals surface area contributed by atoms with Crippen molar-refractivity contribution in [2.45, 2.75) is 44.2 Å². The summed E-state index contributed by atoms with van der Waals surface area (Å²) in [6.45, 7) is 7.51. The van der Waals surface area contributed by atoms with E-state index in [4.69, 9.17) is 11.6 Å². The van der Waals surface area contributed by atoms with Crippen molar-refractivity contribution in [1.29, 1.82) is 0 Å². The predicted octanol–water partition coefficient (Wildman–Crippen LogP) is 4.79. The lowest BCUT2D eigenvalue weighted by Gasteiger charge is -2.37. The third-order valence-corrected chi connectivity index (χ3v) is 5.56. The first-order valence-corrected chi connectivity index (χ1v) is 8.30. The van der Waals surface area contributed by atoms with E-state index in [2.05, 4.69) is 26.1 Å². The van der Waals surface area contributed by atoms with E-state index >= 15 is 0 Å². The maximum atomic E-state index is 14.0. The summed E-state index contributed by atoms with van der Waals surface area (Å²) in [4.78, 5) is 0. The molecule has 1 aliphatic heterocycles. The molecule has 0 radical (unpaired) electrons. The summed E-state index contributed by atoms with van der Waals surface area (Å²) in [5.74, 6) is 1.12. The fraction of sp³-hybridized carbons (Fsp3) is 0.600. The number of rotatable bonds is 4. The standard InChI is InChI=1S/C15H21ClFNS/c1-4-7-18-14-13-10(8-19-15(14)9(2)3)12(17)6-5-11(13)16/h5-6,9,14-15,18H,4,7-8H2,1-3H3. The molecule has 2 atom stereocenters. The van der Waals surface area contributed by atoms with Crippen LogP contribution in [-0.4, -0.2) is 11.8 Å². The number of nitrogens with one attached hydrogen (secondary N) is 1. The van der Waals surface area contributed by atoms with Gasteiger partial charge in [-0.15, -0.1) is 0 Å². The average Bonchev–Trinajstić information content (AvgIpc) is 2.39. The molecule has 0 bridgehead atoms. The Balaban J connectivity index is 2.42. The average molecular weight is 302 g/mol. The Kier molecular flexibility index (Phi) is 5.15. The second-order valence-corrected chi connectivity index (χ2v) is 6.95. The molecule has 1 aromatic carbocycles. The summed E-state index contributed by atoms with van der Waals surface area (Å²) in [6, 6.07) is 3.31. The number of benzene rings is 1. The van der Waals surface area contributed by atoms with Crippen LogP contribution in [-0.2, 0) is 5.75 Å². The molecule has 1 N–H and O–H groups in total. The van der Waals surface area contributed by atoms with Crippen molar-refractivity contribution < 1.29 is 4.39 Å². The first kappa shape index (κ1) is 15.1. The van der Waals surface area contributed by atoms with Gasteiger partial charge < -0.3 is 5.32 Å². The minimum Gasteiger partial charge on any atom is -0.309 e. The van der Waals surface area contributed by atoms with Crippen LogP contribution in [0, 0.1) is 11.7 Å². The van der Waals surface area contributed by atoms with Gasteiger partial charge in [-0.05, 0) is 36.6 Å². The second-order valence-electron chi connectivity index (χ2n) is 5.37. The van der Waals surface area contributed by atoms with Crippen molar-refractivity contribution in [3.8, 4) is 0 Å². The Morgan fingerprint density at radius 1 is 1.47 bits per heavy atom. The fourth-order valence-electron chi connectivity index (χ4n) is 2.63. The molecule has 0 aromatic heterocycles. The van der Waals surface area contributed by atoms with Crippen LogP contribution in [0.4, 0.5) is 4.39 Å². The SMILES string of the molecule is CCCNC1c2c(Cl)ccc(F)c2CSC1C(C)C. The molecular formula is C15H21ClFNS. The van der Waals surface area contributed by atoms with Crippen molar-refractivity contribution in [1.82, 2.24) is 5.32 Å². The van der Waals surface area contributed by atoms with Gasteiger partial charge in [0.2, 0.25) is 0 Å². The number of fused-ring (bicyclic) bond motifs is 1. The number of halogens is 2. The lowest BCUT2D eigenvalue weighted by Crippen LogP contribution is -2.37. The van der Waals surface area contributed by atoms with Crippen molar-refractivity contribution in [2.75, 3.05) is 6.54 Å². The zero-order chi connectivity index (χ0) is 14.0. The summed E-state index contributed by atoms with van der Waals surface area (Å²) >= 11 is 8.18. The Morgan fingerprint density at radius 3 is 2.84 bits per heavy atom. The van der Waals surface area contributed by atoms with Crippen LogP contribution in [0.5, 0.6) is 0 Å². The highest BCUT2D eigenvalue weighted by Crippen LogP contribution is 2.44. The van der Waals surface area contributed by atoms with Crippen molar-refractivity contribution >= 4 is 23.4 Å². The van der Waals surface area contributed by atoms with Crippen LogP contribution >= 0.6 is 23.4 Å². The summed E-state index contributed by atoms with van der Waals surface area (Å²) in [6.07, 6.45) is 1.06. The minimum atomic E-state index is -0.127. The molecule has 106 valence electrons. The molecule has 1 aromatic rings. The Labute approximate surface area is 124 Å². The molecular weight excluding hydrogens is 281 g/mol. The quantitative estimate of drug-likeness (QED) is 0.858. The van der Waals surface area contributed by atoms with Gasteiger partial charge in [-0.3, -0.25) is 0 Å². The Hall–Kier alpha value is -0.250. The highest BCUT2D eigenvalue weighted by atomic mass is 35.5. The molecule has 0 saturated heterocycles. The van der Waals surface area contributed by atoms with Crippen LogP contribution < -0.4 is 5.32 Å². The molecule has 1 nitrogen and oxygen atoms in total. The zero-order valence-corrected chi connectivity index (χ0v) is 13.2. The largest absolute Gasteiger partial charge is 0.309 e. The second kappa shape index (κ2) is 6.47. The van der Waals surface area contributed by atoms with Gasteiger partial charge in [-0.1, -0.05) is 32.4 Å². The molecule has 19 heavy (non-hydrogen) atoms. The molecule has 0 saturated carbocycles. The molecule has 0 amide bonds. The van der Waals surface area contributed by atoms with E-state index in [1.807, 2.05) is 11.8 Å². The van der Waals surface area contributed by atoms with E-state index < -0.39 is 0 Å². The first-order chi connectivity index (χ1) is 9.06. The van der Waals surface area contributed by atoms with Gasteiger partial charge in [-0.25, -0.2) is 4.39 Å². The fourth-order valence-corrected chi connectivity index (χ4v) is 4.38. The first-order valence-electron chi connectivity index (χ1n) is 6.88. The summed E-state index contributed by atoms with van der Waals surface area (Å²) in [5, 5.41) is 4.69. The number of thioether (sulfide) groups is 1. The van der Waals surface area contributed by atoms with Crippen LogP contribution in [0.1, 0.15) is 44.4 Å². The molecule has 0 spiro atoms. The lowest BCUT2D eigenvalue weighted by atomic mass is 9.92. The maximum absolute atomic E-state index is 14.0. The molecule has 1 heterocycles. The number of hydrogen-bond acceptors (Lipinski definition) is 2. The molecule has 0 aliphatic carbocycles. The predicted molar refractivity (Wildman–Crippen MR) is 82.4 cm³/mol. The van der Waals surface area contributed by atoms with E-state index in [1.165, 1.54) is 6.07 Å². The molecule has 1 aliphatic rings. The molecule has 2 rings (SSSR count). The minimum absolute atomic E-state index is 0.127. The topological polar surface area (TPSA) is 12.0 Å². The molecule has 0 fully saturated rings. The van der Waals surface area contributed by atoms with Crippen molar-refractivity contribution in [2.24, 2.45) is 5.92 Å². The third-order valence-electron chi connectivity index (χ3n) is 3.58. The lowest BCUT2D eigenvalue weighted by molar-refractivity contribution is 0.435. The van der Waals surface area contributed by atoms with Gasteiger partial charge in [0, 0.05) is 27.6 Å². The van der Waals surface area contributed by atoms with Gasteiger partial charge in [0.25, 0.3) is 0 Å². The summed E-state index contributed by atoms with van der Waals surface area (Å²) < 4.78 is 14.0. The van der Waals surface area contributed by atoms with Crippen LogP contribution in [0.2, 0.25) is 5.02 Å². The van der Waals surface area contributed by atoms with E-state index in [1.54, 1.807) is 6.07 Å². The van der Waals surface area contributed by atoms with E-state index in [0.717, 1.165) is 29.8 Å². The van der Waals surface area contributed by atoms with Crippen LogP contribution in [0.15, 0.2) is 12.1 Å². The van der Waals surface area contributed by atoms with Gasteiger partial charge in [0.1, 0.15) is 5.82 Å².